The van der Waals surface area contributed by atoms with Crippen LogP contribution < -0.4 is 0 Å². The summed E-state index contributed by atoms with van der Waals surface area (Å²) in [7, 11) is 0. The zero-order valence-electron chi connectivity index (χ0n) is 7.22. The minimum atomic E-state index is 0.164. The lowest BCUT2D eigenvalue weighted by atomic mass is 9.80. The van der Waals surface area contributed by atoms with Gasteiger partial charge in [-0.25, -0.2) is 0 Å². The maximum atomic E-state index is 11.3. The van der Waals surface area contributed by atoms with Crippen LogP contribution in [0.25, 0.3) is 0 Å². The number of fused-ring (bicyclic) bond motifs is 1. The van der Waals surface area contributed by atoms with Crippen molar-refractivity contribution in [2.75, 3.05) is 0 Å². The van der Waals surface area contributed by atoms with Gasteiger partial charge in [0.05, 0.1) is 10.2 Å². The van der Waals surface area contributed by atoms with E-state index in [9.17, 15) is 9.90 Å². The molecule has 2 aliphatic rings. The van der Waals surface area contributed by atoms with E-state index >= 15 is 0 Å². The summed E-state index contributed by atoms with van der Waals surface area (Å²) < 4.78 is 0.676. The average molecular weight is 243 g/mol. The molecule has 0 saturated heterocycles. The maximum absolute atomic E-state index is 11.3. The van der Waals surface area contributed by atoms with Gasteiger partial charge in [0.1, 0.15) is 0 Å². The highest BCUT2D eigenvalue weighted by Gasteiger charge is 2.28. The van der Waals surface area contributed by atoms with E-state index in [1.807, 2.05) is 0 Å². The third kappa shape index (κ3) is 1.57. The minimum absolute atomic E-state index is 0.164. The van der Waals surface area contributed by atoms with Gasteiger partial charge < -0.3 is 5.11 Å². The molecular weight excluding hydrogens is 232 g/mol. The first-order valence-electron chi connectivity index (χ1n) is 4.51. The fourth-order valence-corrected chi connectivity index (χ4v) is 2.60. The molecule has 0 bridgehead atoms. The molecule has 0 aromatic heterocycles. The second-order valence-electron chi connectivity index (χ2n) is 3.60. The summed E-state index contributed by atoms with van der Waals surface area (Å²) in [5.41, 5.74) is 1.00. The first kappa shape index (κ1) is 9.00. The highest BCUT2D eigenvalue weighted by atomic mass is 79.9. The molecule has 1 unspecified atom stereocenters. The van der Waals surface area contributed by atoms with Crippen LogP contribution in [0.3, 0.4) is 0 Å². The van der Waals surface area contributed by atoms with E-state index in [2.05, 4.69) is 15.9 Å². The molecule has 2 aliphatic carbocycles. The van der Waals surface area contributed by atoms with Crippen LogP contribution in [0.5, 0.6) is 0 Å². The molecule has 70 valence electrons. The van der Waals surface area contributed by atoms with Crippen molar-refractivity contribution in [2.24, 2.45) is 5.92 Å². The molecule has 3 heteroatoms. The number of ketones is 1. The van der Waals surface area contributed by atoms with Gasteiger partial charge in [-0.15, -0.1) is 0 Å². The van der Waals surface area contributed by atoms with Gasteiger partial charge in [0, 0.05) is 12.8 Å². The molecule has 0 aliphatic heterocycles. The van der Waals surface area contributed by atoms with Crippen LogP contribution in [0.2, 0.25) is 0 Å². The van der Waals surface area contributed by atoms with Gasteiger partial charge in [-0.1, -0.05) is 0 Å². The Kier molecular flexibility index (Phi) is 2.28. The Labute approximate surface area is 85.5 Å². The van der Waals surface area contributed by atoms with E-state index in [4.69, 9.17) is 0 Å². The largest absolute Gasteiger partial charge is 0.512 e. The van der Waals surface area contributed by atoms with Crippen molar-refractivity contribution >= 4 is 21.7 Å². The van der Waals surface area contributed by atoms with E-state index in [0.29, 0.717) is 22.6 Å². The summed E-state index contributed by atoms with van der Waals surface area (Å²) in [6.45, 7) is 0. The fourth-order valence-electron chi connectivity index (χ4n) is 1.97. The van der Waals surface area contributed by atoms with Crippen molar-refractivity contribution in [1.82, 2.24) is 0 Å². The Morgan fingerprint density at radius 1 is 1.38 bits per heavy atom. The van der Waals surface area contributed by atoms with Crippen LogP contribution in [0.1, 0.15) is 25.7 Å². The summed E-state index contributed by atoms with van der Waals surface area (Å²) >= 11 is 3.30. The van der Waals surface area contributed by atoms with Gasteiger partial charge >= 0.3 is 0 Å². The molecular formula is C10H11BrO2. The number of halogens is 1. The zero-order chi connectivity index (χ0) is 9.42. The van der Waals surface area contributed by atoms with E-state index in [-0.39, 0.29) is 5.78 Å². The highest BCUT2D eigenvalue weighted by Crippen LogP contribution is 2.38. The van der Waals surface area contributed by atoms with Gasteiger partial charge in [-0.3, -0.25) is 4.79 Å². The Balaban J connectivity index is 2.43. The number of Topliss-reactive ketones (excluding diaryl/α,β-unsaturated/α-hetero) is 1. The fraction of sp³-hybridized carbons (Fsp3) is 0.500. The molecule has 2 rings (SSSR count). The lowest BCUT2D eigenvalue weighted by Gasteiger charge is -2.27. The zero-order valence-corrected chi connectivity index (χ0v) is 8.80. The average Bonchev–Trinajstić information content (AvgIpc) is 2.12. The van der Waals surface area contributed by atoms with Crippen LogP contribution in [-0.2, 0) is 4.79 Å². The Hall–Kier alpha value is -0.570. The Morgan fingerprint density at radius 2 is 2.08 bits per heavy atom. The number of hydrogen-bond donors (Lipinski definition) is 1. The third-order valence-corrected chi connectivity index (χ3v) is 3.63. The lowest BCUT2D eigenvalue weighted by molar-refractivity contribution is -0.115. The second-order valence-corrected chi connectivity index (χ2v) is 4.40. The van der Waals surface area contributed by atoms with Crippen molar-refractivity contribution in [3.63, 3.8) is 0 Å². The lowest BCUT2D eigenvalue weighted by Crippen LogP contribution is -2.19. The molecule has 0 spiro atoms. The van der Waals surface area contributed by atoms with Crippen LogP contribution in [0.4, 0.5) is 0 Å². The number of hydrogen-bond acceptors (Lipinski definition) is 2. The quantitative estimate of drug-likeness (QED) is 0.710. The standard InChI is InChI=1S/C10H11BrO2/c11-10-8-5-7(12)3-1-6(8)2-4-9(10)13/h5-6,12H,1-4H2. The summed E-state index contributed by atoms with van der Waals surface area (Å²) in [5.74, 6) is 1.04. The van der Waals surface area contributed by atoms with Gasteiger partial charge in [0.2, 0.25) is 0 Å². The predicted molar refractivity (Wildman–Crippen MR) is 53.6 cm³/mol. The molecule has 0 aromatic carbocycles. The van der Waals surface area contributed by atoms with E-state index in [0.717, 1.165) is 24.8 Å². The van der Waals surface area contributed by atoms with Crippen molar-refractivity contribution in [3.05, 3.63) is 21.9 Å². The summed E-state index contributed by atoms with van der Waals surface area (Å²) in [6, 6.07) is 0. The number of carbonyl (C=O) groups excluding carboxylic acids is 1. The smallest absolute Gasteiger partial charge is 0.170 e. The molecule has 1 N–H and O–H groups in total. The predicted octanol–water partition coefficient (Wildman–Crippen LogP) is 2.85. The number of rotatable bonds is 0. The molecule has 13 heavy (non-hydrogen) atoms. The normalized spacial score (nSPS) is 28.5. The van der Waals surface area contributed by atoms with Crippen molar-refractivity contribution in [1.29, 1.82) is 0 Å². The summed E-state index contributed by atoms with van der Waals surface area (Å²) in [4.78, 5) is 11.3. The number of aliphatic hydroxyl groups is 1. The SMILES string of the molecule is O=C1CCC2CCC(O)=CC2=C1Br. The maximum Gasteiger partial charge on any atom is 0.170 e. The number of allylic oxidation sites excluding steroid dienone is 4. The van der Waals surface area contributed by atoms with E-state index in [1.54, 1.807) is 6.08 Å². The molecule has 0 heterocycles. The molecule has 0 aromatic rings. The van der Waals surface area contributed by atoms with Crippen LogP contribution in [0, 0.1) is 5.92 Å². The van der Waals surface area contributed by atoms with Crippen LogP contribution >= 0.6 is 15.9 Å². The van der Waals surface area contributed by atoms with Crippen LogP contribution in [-0.4, -0.2) is 10.9 Å². The molecule has 2 nitrogen and oxygen atoms in total. The summed E-state index contributed by atoms with van der Waals surface area (Å²) in [6.07, 6.45) is 5.05. The van der Waals surface area contributed by atoms with Crippen molar-refractivity contribution in [2.45, 2.75) is 25.7 Å². The number of carbonyl (C=O) groups is 1. The van der Waals surface area contributed by atoms with Gasteiger partial charge in [0.25, 0.3) is 0 Å². The van der Waals surface area contributed by atoms with Crippen LogP contribution in [0.15, 0.2) is 21.9 Å². The molecule has 0 radical (unpaired) electrons. The van der Waals surface area contributed by atoms with Gasteiger partial charge in [-0.05, 0) is 46.3 Å². The van der Waals surface area contributed by atoms with E-state index < -0.39 is 0 Å². The van der Waals surface area contributed by atoms with Gasteiger partial charge in [0.15, 0.2) is 5.78 Å². The monoisotopic (exact) mass is 242 g/mol. The summed E-state index contributed by atoms with van der Waals surface area (Å²) in [5, 5.41) is 9.35. The first-order chi connectivity index (χ1) is 6.18. The molecule has 1 atom stereocenters. The highest BCUT2D eigenvalue weighted by molar-refractivity contribution is 9.12. The third-order valence-electron chi connectivity index (χ3n) is 2.73. The van der Waals surface area contributed by atoms with Crippen molar-refractivity contribution < 1.29 is 9.90 Å². The Morgan fingerprint density at radius 3 is 2.85 bits per heavy atom. The van der Waals surface area contributed by atoms with Crippen molar-refractivity contribution in [3.8, 4) is 0 Å². The Bertz CT molecular complexity index is 315. The number of aliphatic hydroxyl groups excluding tert-OH is 1. The van der Waals surface area contributed by atoms with E-state index in [1.165, 1.54) is 0 Å². The second kappa shape index (κ2) is 3.29. The minimum Gasteiger partial charge on any atom is -0.512 e. The topological polar surface area (TPSA) is 37.3 Å². The molecule has 0 amide bonds. The first-order valence-corrected chi connectivity index (χ1v) is 5.30. The van der Waals surface area contributed by atoms with Gasteiger partial charge in [-0.2, -0.15) is 0 Å². The molecule has 0 saturated carbocycles. The molecule has 0 fully saturated rings.